The molecular weight excluding hydrogens is 382 g/mol. The van der Waals surface area contributed by atoms with Crippen molar-refractivity contribution in [2.24, 2.45) is 11.8 Å². The quantitative estimate of drug-likeness (QED) is 0.637. The van der Waals surface area contributed by atoms with E-state index in [0.29, 0.717) is 22.7 Å². The highest BCUT2D eigenvalue weighted by molar-refractivity contribution is 6.35. The van der Waals surface area contributed by atoms with E-state index in [2.05, 4.69) is 5.32 Å². The molecule has 3 aliphatic heterocycles. The van der Waals surface area contributed by atoms with Crippen LogP contribution in [0.3, 0.4) is 0 Å². The zero-order valence-electron chi connectivity index (χ0n) is 16.3. The minimum Gasteiger partial charge on any atom is -0.387 e. The van der Waals surface area contributed by atoms with Crippen molar-refractivity contribution in [2.45, 2.75) is 57.8 Å². The number of carbonyl (C=O) groups is 3. The van der Waals surface area contributed by atoms with Crippen LogP contribution in [0.5, 0.6) is 0 Å². The van der Waals surface area contributed by atoms with E-state index >= 15 is 0 Å². The summed E-state index contributed by atoms with van der Waals surface area (Å²) in [7, 11) is 0. The standard InChI is InChI=1S/C20H24ClN3O4/c1-5-9(3)24-17(26)13-14(18(24)27)20(23-15(13)10(4)25)11-6-8(2)7-12(21)16(11)22-19(20)28/h6-7,9-10,13-15,23,25H,5H2,1-4H3,(H,22,28)/p+1/t9-,10-,13+,14+,15+,20+/m1/s1. The molecule has 0 saturated carbocycles. The van der Waals surface area contributed by atoms with Crippen LogP contribution in [0.25, 0.3) is 0 Å². The van der Waals surface area contributed by atoms with Crippen molar-refractivity contribution in [2.75, 3.05) is 5.32 Å². The summed E-state index contributed by atoms with van der Waals surface area (Å²) >= 11 is 6.37. The van der Waals surface area contributed by atoms with Crippen LogP contribution in [-0.4, -0.2) is 45.9 Å². The Bertz CT molecular complexity index is 902. The van der Waals surface area contributed by atoms with Crippen molar-refractivity contribution < 1.29 is 24.8 Å². The number of hydrogen-bond donors (Lipinski definition) is 3. The summed E-state index contributed by atoms with van der Waals surface area (Å²) in [6.07, 6.45) is -0.238. The molecule has 0 bridgehead atoms. The van der Waals surface area contributed by atoms with Gasteiger partial charge in [-0.15, -0.1) is 0 Å². The molecule has 1 spiro atoms. The van der Waals surface area contributed by atoms with Gasteiger partial charge in [0, 0.05) is 11.6 Å². The van der Waals surface area contributed by atoms with Crippen LogP contribution >= 0.6 is 11.6 Å². The topological polar surface area (TPSA) is 103 Å². The number of rotatable bonds is 3. The fourth-order valence-corrected chi connectivity index (χ4v) is 5.48. The number of likely N-dealkylation sites (tertiary alicyclic amines) is 1. The second-order valence-corrected chi connectivity index (χ2v) is 8.69. The highest BCUT2D eigenvalue weighted by Crippen LogP contribution is 2.51. The molecule has 3 heterocycles. The van der Waals surface area contributed by atoms with E-state index in [1.54, 1.807) is 18.3 Å². The van der Waals surface area contributed by atoms with Gasteiger partial charge in [-0.2, -0.15) is 0 Å². The summed E-state index contributed by atoms with van der Waals surface area (Å²) in [6, 6.07) is 2.75. The van der Waals surface area contributed by atoms with Gasteiger partial charge in [0.05, 0.1) is 10.7 Å². The van der Waals surface area contributed by atoms with Gasteiger partial charge in [-0.1, -0.05) is 18.5 Å². The maximum atomic E-state index is 13.4. The lowest BCUT2D eigenvalue weighted by atomic mass is 9.76. The van der Waals surface area contributed by atoms with Crippen LogP contribution in [0, 0.1) is 18.8 Å². The van der Waals surface area contributed by atoms with Crippen LogP contribution in [-0.2, 0) is 19.9 Å². The number of halogens is 1. The first-order valence-corrected chi connectivity index (χ1v) is 10.1. The Hall–Kier alpha value is -1.96. The number of hydrogen-bond acceptors (Lipinski definition) is 4. The molecule has 7 nitrogen and oxygen atoms in total. The van der Waals surface area contributed by atoms with Gasteiger partial charge >= 0.3 is 0 Å². The van der Waals surface area contributed by atoms with Gasteiger partial charge in [0.25, 0.3) is 5.91 Å². The summed E-state index contributed by atoms with van der Waals surface area (Å²) in [5.74, 6) is -2.63. The third-order valence-electron chi connectivity index (χ3n) is 6.63. The summed E-state index contributed by atoms with van der Waals surface area (Å²) < 4.78 is 0. The van der Waals surface area contributed by atoms with E-state index in [1.165, 1.54) is 4.90 Å². The fraction of sp³-hybridized carbons (Fsp3) is 0.550. The Kier molecular flexibility index (Phi) is 4.34. The van der Waals surface area contributed by atoms with Gasteiger partial charge in [-0.25, -0.2) is 0 Å². The molecule has 1 aromatic rings. The number of nitrogens with zero attached hydrogens (tertiary/aromatic N) is 1. The number of nitrogens with two attached hydrogens (primary N) is 1. The number of amides is 3. The Balaban J connectivity index is 1.94. The van der Waals surface area contributed by atoms with Crippen LogP contribution in [0.15, 0.2) is 12.1 Å². The second kappa shape index (κ2) is 6.27. The smallest absolute Gasteiger partial charge is 0.291 e. The largest absolute Gasteiger partial charge is 0.387 e. The zero-order chi connectivity index (χ0) is 20.5. The molecule has 0 radical (unpaired) electrons. The predicted octanol–water partition coefficient (Wildman–Crippen LogP) is 0.522. The Labute approximate surface area is 168 Å². The SMILES string of the molecule is CC[C@@H](C)N1C(=O)[C@@H]2[C@H]([C@@H](C)O)[NH2+][C@]3(C(=O)Nc4c(Cl)cc(C)cc43)[C@@H]2C1=O. The molecule has 6 atom stereocenters. The van der Waals surface area contributed by atoms with Crippen molar-refractivity contribution in [3.63, 3.8) is 0 Å². The number of aliphatic hydroxyl groups excluding tert-OH is 1. The predicted molar refractivity (Wildman–Crippen MR) is 102 cm³/mol. The van der Waals surface area contributed by atoms with Gasteiger partial charge < -0.3 is 15.7 Å². The fourth-order valence-electron chi connectivity index (χ4n) is 5.16. The van der Waals surface area contributed by atoms with Gasteiger partial charge in [0.2, 0.25) is 17.4 Å². The van der Waals surface area contributed by atoms with E-state index < -0.39 is 29.5 Å². The Morgan fingerprint density at radius 1 is 1.29 bits per heavy atom. The molecule has 1 aromatic carbocycles. The number of imide groups is 1. The average Bonchev–Trinajstić information content (AvgIpc) is 3.21. The van der Waals surface area contributed by atoms with E-state index in [4.69, 9.17) is 11.6 Å². The number of benzene rings is 1. The lowest BCUT2D eigenvalue weighted by Crippen LogP contribution is -3.00. The number of aryl methyl sites for hydroxylation is 1. The maximum Gasteiger partial charge on any atom is 0.291 e. The van der Waals surface area contributed by atoms with Crippen molar-refractivity contribution >= 4 is 35.0 Å². The molecule has 0 aliphatic carbocycles. The van der Waals surface area contributed by atoms with Gasteiger partial charge in [0.1, 0.15) is 24.0 Å². The first kappa shape index (κ1) is 19.4. The molecule has 2 fully saturated rings. The van der Waals surface area contributed by atoms with Gasteiger partial charge in [-0.3, -0.25) is 19.3 Å². The van der Waals surface area contributed by atoms with E-state index in [9.17, 15) is 19.5 Å². The zero-order valence-corrected chi connectivity index (χ0v) is 17.1. The molecule has 4 N–H and O–H groups in total. The highest BCUT2D eigenvalue weighted by Gasteiger charge is 2.75. The molecule has 3 amide bonds. The lowest BCUT2D eigenvalue weighted by Gasteiger charge is -2.29. The van der Waals surface area contributed by atoms with Crippen LogP contribution in [0.1, 0.15) is 38.3 Å². The number of aliphatic hydroxyl groups is 1. The number of anilines is 1. The molecule has 28 heavy (non-hydrogen) atoms. The van der Waals surface area contributed by atoms with E-state index in [0.717, 1.165) is 5.56 Å². The monoisotopic (exact) mass is 406 g/mol. The minimum absolute atomic E-state index is 0.262. The number of quaternary nitrogens is 1. The Morgan fingerprint density at radius 3 is 2.57 bits per heavy atom. The lowest BCUT2D eigenvalue weighted by molar-refractivity contribution is -0.738. The van der Waals surface area contributed by atoms with E-state index in [1.807, 2.05) is 26.8 Å². The second-order valence-electron chi connectivity index (χ2n) is 8.28. The minimum atomic E-state index is -1.30. The number of carbonyl (C=O) groups excluding carboxylic acids is 3. The van der Waals surface area contributed by atoms with Crippen molar-refractivity contribution in [1.82, 2.24) is 4.90 Å². The molecule has 3 aliphatic rings. The number of fused-ring (bicyclic) bond motifs is 4. The summed E-state index contributed by atoms with van der Waals surface area (Å²) in [5.41, 5.74) is 0.667. The van der Waals surface area contributed by atoms with Crippen LogP contribution < -0.4 is 10.6 Å². The number of nitrogens with one attached hydrogen (secondary N) is 1. The van der Waals surface area contributed by atoms with Crippen molar-refractivity contribution in [1.29, 1.82) is 0 Å². The average molecular weight is 407 g/mol. The van der Waals surface area contributed by atoms with Crippen molar-refractivity contribution in [3.05, 3.63) is 28.3 Å². The van der Waals surface area contributed by atoms with Crippen molar-refractivity contribution in [3.8, 4) is 0 Å². The van der Waals surface area contributed by atoms with Crippen LogP contribution in [0.4, 0.5) is 5.69 Å². The maximum absolute atomic E-state index is 13.4. The Morgan fingerprint density at radius 2 is 1.96 bits per heavy atom. The molecule has 8 heteroatoms. The first-order chi connectivity index (χ1) is 13.1. The van der Waals surface area contributed by atoms with E-state index in [-0.39, 0.29) is 23.8 Å². The summed E-state index contributed by atoms with van der Waals surface area (Å²) in [4.78, 5) is 41.2. The normalized spacial score (nSPS) is 33.3. The third-order valence-corrected chi connectivity index (χ3v) is 6.93. The summed E-state index contributed by atoms with van der Waals surface area (Å²) in [6.45, 7) is 7.20. The van der Waals surface area contributed by atoms with Gasteiger partial charge in [-0.05, 0) is 44.9 Å². The van der Waals surface area contributed by atoms with Crippen LogP contribution in [0.2, 0.25) is 5.02 Å². The third kappa shape index (κ3) is 2.27. The molecule has 150 valence electrons. The highest BCUT2D eigenvalue weighted by atomic mass is 35.5. The molecule has 2 saturated heterocycles. The molecule has 0 unspecified atom stereocenters. The van der Waals surface area contributed by atoms with Gasteiger partial charge in [0.15, 0.2) is 0 Å². The molecule has 4 rings (SSSR count). The molecule has 0 aromatic heterocycles. The summed E-state index contributed by atoms with van der Waals surface area (Å²) in [5, 5.41) is 15.3. The first-order valence-electron chi connectivity index (χ1n) is 9.68. The molecular formula is C20H25ClN3O4+.